The van der Waals surface area contributed by atoms with Crippen LogP contribution in [0.15, 0.2) is 24.3 Å². The first-order chi connectivity index (χ1) is 8.78. The number of anilines is 1. The van der Waals surface area contributed by atoms with Crippen LogP contribution in [0.5, 0.6) is 0 Å². The molecule has 1 aliphatic carbocycles. The molecule has 100 valence electrons. The fraction of sp³-hybridized carbons (Fsp3) is 0.625. The minimum absolute atomic E-state index is 0.685. The summed E-state index contributed by atoms with van der Waals surface area (Å²) in [6.07, 6.45) is 9.71. The predicted molar refractivity (Wildman–Crippen MR) is 88.1 cm³/mol. The minimum atomic E-state index is 0.685. The van der Waals surface area contributed by atoms with E-state index in [9.17, 15) is 0 Å². The largest absolute Gasteiger partial charge is 0.382 e. The van der Waals surface area contributed by atoms with Crippen LogP contribution in [0.2, 0.25) is 0 Å². The van der Waals surface area contributed by atoms with E-state index in [1.165, 1.54) is 54.2 Å². The number of benzene rings is 1. The topological polar surface area (TPSA) is 12.0 Å². The average Bonchev–Trinajstić information content (AvgIpc) is 2.56. The van der Waals surface area contributed by atoms with Crippen LogP contribution in [0.4, 0.5) is 5.69 Å². The number of nitrogens with one attached hydrogen (secondary N) is 1. The quantitative estimate of drug-likeness (QED) is 0.558. The van der Waals surface area contributed by atoms with Gasteiger partial charge in [-0.25, -0.2) is 0 Å². The SMILES string of the molecule is CCCC1CCCC(Nc2cccc(I)c2)CC1. The van der Waals surface area contributed by atoms with Crippen LogP contribution in [0.3, 0.4) is 0 Å². The van der Waals surface area contributed by atoms with Crippen LogP contribution in [-0.2, 0) is 0 Å². The van der Waals surface area contributed by atoms with E-state index in [1.807, 2.05) is 0 Å². The molecule has 0 bridgehead atoms. The fourth-order valence-electron chi connectivity index (χ4n) is 3.03. The van der Waals surface area contributed by atoms with Gasteiger partial charge in [-0.15, -0.1) is 0 Å². The zero-order valence-electron chi connectivity index (χ0n) is 11.3. The second-order valence-corrected chi connectivity index (χ2v) is 6.76. The van der Waals surface area contributed by atoms with Crippen molar-refractivity contribution in [3.05, 3.63) is 27.8 Å². The maximum absolute atomic E-state index is 3.72. The first-order valence-electron chi connectivity index (χ1n) is 7.30. The van der Waals surface area contributed by atoms with Gasteiger partial charge in [0.15, 0.2) is 0 Å². The Labute approximate surface area is 125 Å². The second kappa shape index (κ2) is 7.37. The Kier molecular flexibility index (Phi) is 5.80. The summed E-state index contributed by atoms with van der Waals surface area (Å²) in [7, 11) is 0. The molecule has 0 saturated heterocycles. The Morgan fingerprint density at radius 3 is 2.89 bits per heavy atom. The molecule has 1 nitrogen and oxygen atoms in total. The minimum Gasteiger partial charge on any atom is -0.382 e. The van der Waals surface area contributed by atoms with Crippen molar-refractivity contribution in [2.45, 2.75) is 57.9 Å². The highest BCUT2D eigenvalue weighted by Crippen LogP contribution is 2.28. The summed E-state index contributed by atoms with van der Waals surface area (Å²) < 4.78 is 1.31. The molecule has 2 atom stereocenters. The molecule has 18 heavy (non-hydrogen) atoms. The van der Waals surface area contributed by atoms with Gasteiger partial charge in [0.2, 0.25) is 0 Å². The molecule has 0 amide bonds. The molecule has 0 spiro atoms. The summed E-state index contributed by atoms with van der Waals surface area (Å²) in [6.45, 7) is 2.31. The molecule has 2 heteroatoms. The van der Waals surface area contributed by atoms with Crippen LogP contribution in [-0.4, -0.2) is 6.04 Å². The van der Waals surface area contributed by atoms with Crippen molar-refractivity contribution in [3.8, 4) is 0 Å². The fourth-order valence-corrected chi connectivity index (χ4v) is 3.58. The van der Waals surface area contributed by atoms with E-state index in [0.29, 0.717) is 6.04 Å². The highest BCUT2D eigenvalue weighted by atomic mass is 127. The normalized spacial score (nSPS) is 24.6. The van der Waals surface area contributed by atoms with Crippen molar-refractivity contribution in [3.63, 3.8) is 0 Å². The summed E-state index contributed by atoms with van der Waals surface area (Å²) in [5.41, 5.74) is 1.29. The Morgan fingerprint density at radius 2 is 2.11 bits per heavy atom. The summed E-state index contributed by atoms with van der Waals surface area (Å²) in [6, 6.07) is 9.41. The number of rotatable bonds is 4. The van der Waals surface area contributed by atoms with Gasteiger partial charge < -0.3 is 5.32 Å². The number of hydrogen-bond acceptors (Lipinski definition) is 1. The Bertz CT molecular complexity index is 364. The van der Waals surface area contributed by atoms with Gasteiger partial charge in [0.1, 0.15) is 0 Å². The van der Waals surface area contributed by atoms with Gasteiger partial charge in [0.25, 0.3) is 0 Å². The third kappa shape index (κ3) is 4.45. The molecular formula is C16H24IN. The maximum Gasteiger partial charge on any atom is 0.0352 e. The van der Waals surface area contributed by atoms with Crippen LogP contribution < -0.4 is 5.32 Å². The molecule has 2 unspecified atom stereocenters. The van der Waals surface area contributed by atoms with E-state index in [-0.39, 0.29) is 0 Å². The molecular weight excluding hydrogens is 333 g/mol. The standard InChI is InChI=1S/C16H24IN/c1-2-5-13-6-3-8-15(11-10-13)18-16-9-4-7-14(17)12-16/h4,7,9,12-13,15,18H,2-3,5-6,8,10-11H2,1H3. The lowest BCUT2D eigenvalue weighted by Gasteiger charge is -2.18. The van der Waals surface area contributed by atoms with Crippen molar-refractivity contribution < 1.29 is 0 Å². The molecule has 1 saturated carbocycles. The molecule has 1 aromatic rings. The third-order valence-electron chi connectivity index (χ3n) is 3.98. The summed E-state index contributed by atoms with van der Waals surface area (Å²) in [5.74, 6) is 0.984. The van der Waals surface area contributed by atoms with Crippen molar-refractivity contribution in [1.82, 2.24) is 0 Å². The molecule has 0 aromatic heterocycles. The van der Waals surface area contributed by atoms with Crippen molar-refractivity contribution in [2.24, 2.45) is 5.92 Å². The van der Waals surface area contributed by atoms with E-state index in [2.05, 4.69) is 59.1 Å². The van der Waals surface area contributed by atoms with Gasteiger partial charge in [0, 0.05) is 15.3 Å². The van der Waals surface area contributed by atoms with Gasteiger partial charge in [-0.3, -0.25) is 0 Å². The van der Waals surface area contributed by atoms with Crippen molar-refractivity contribution in [2.75, 3.05) is 5.32 Å². The van der Waals surface area contributed by atoms with E-state index in [0.717, 1.165) is 5.92 Å². The molecule has 0 aliphatic heterocycles. The van der Waals surface area contributed by atoms with Crippen molar-refractivity contribution in [1.29, 1.82) is 0 Å². The van der Waals surface area contributed by atoms with Gasteiger partial charge >= 0.3 is 0 Å². The monoisotopic (exact) mass is 357 g/mol. The maximum atomic E-state index is 3.72. The lowest BCUT2D eigenvalue weighted by Crippen LogP contribution is -2.18. The van der Waals surface area contributed by atoms with E-state index >= 15 is 0 Å². The van der Waals surface area contributed by atoms with Crippen LogP contribution >= 0.6 is 22.6 Å². The Morgan fingerprint density at radius 1 is 1.22 bits per heavy atom. The smallest absolute Gasteiger partial charge is 0.0352 e. The molecule has 1 N–H and O–H groups in total. The highest BCUT2D eigenvalue weighted by Gasteiger charge is 2.18. The lowest BCUT2D eigenvalue weighted by molar-refractivity contribution is 0.422. The Hall–Kier alpha value is -0.250. The predicted octanol–water partition coefficient (Wildman–Crippen LogP) is 5.45. The van der Waals surface area contributed by atoms with Crippen molar-refractivity contribution >= 4 is 28.3 Å². The highest BCUT2D eigenvalue weighted by molar-refractivity contribution is 14.1. The first kappa shape index (κ1) is 14.2. The molecule has 2 rings (SSSR count). The van der Waals surface area contributed by atoms with Crippen LogP contribution in [0, 0.1) is 9.49 Å². The van der Waals surface area contributed by atoms with Gasteiger partial charge in [-0.1, -0.05) is 38.7 Å². The molecule has 0 heterocycles. The van der Waals surface area contributed by atoms with Crippen LogP contribution in [0.25, 0.3) is 0 Å². The zero-order valence-corrected chi connectivity index (χ0v) is 13.4. The zero-order chi connectivity index (χ0) is 12.8. The molecule has 1 aliphatic rings. The molecule has 1 aromatic carbocycles. The number of halogens is 1. The molecule has 1 fully saturated rings. The third-order valence-corrected chi connectivity index (χ3v) is 4.65. The number of hydrogen-bond donors (Lipinski definition) is 1. The van der Waals surface area contributed by atoms with E-state index in [1.54, 1.807) is 0 Å². The van der Waals surface area contributed by atoms with E-state index in [4.69, 9.17) is 0 Å². The van der Waals surface area contributed by atoms with E-state index < -0.39 is 0 Å². The molecule has 0 radical (unpaired) electrons. The van der Waals surface area contributed by atoms with Gasteiger partial charge in [-0.2, -0.15) is 0 Å². The lowest BCUT2D eigenvalue weighted by atomic mass is 9.95. The van der Waals surface area contributed by atoms with Crippen LogP contribution in [0.1, 0.15) is 51.9 Å². The van der Waals surface area contributed by atoms with Gasteiger partial charge in [-0.05, 0) is 66.0 Å². The summed E-state index contributed by atoms with van der Waals surface area (Å²) in [4.78, 5) is 0. The second-order valence-electron chi connectivity index (χ2n) is 5.51. The average molecular weight is 357 g/mol. The Balaban J connectivity index is 1.87. The van der Waals surface area contributed by atoms with Gasteiger partial charge in [0.05, 0.1) is 0 Å². The summed E-state index contributed by atoms with van der Waals surface area (Å²) >= 11 is 2.38. The summed E-state index contributed by atoms with van der Waals surface area (Å²) in [5, 5.41) is 3.72. The first-order valence-corrected chi connectivity index (χ1v) is 8.38.